The van der Waals surface area contributed by atoms with Crippen molar-refractivity contribution in [2.24, 2.45) is 0 Å². The molecule has 0 radical (unpaired) electrons. The summed E-state index contributed by atoms with van der Waals surface area (Å²) in [5.74, 6) is -0.282. The smallest absolute Gasteiger partial charge is 0.170 e. The molecule has 0 amide bonds. The van der Waals surface area contributed by atoms with Crippen LogP contribution in [-0.2, 0) is 0 Å². The van der Waals surface area contributed by atoms with Crippen LogP contribution in [0.1, 0.15) is 71.1 Å². The molecule has 0 fully saturated rings. The lowest BCUT2D eigenvalue weighted by Crippen LogP contribution is -2.29. The number of para-hydroxylation sites is 1. The molecule has 0 spiro atoms. The highest BCUT2D eigenvalue weighted by atomic mass is 32.1. The minimum absolute atomic E-state index is 0.282. The highest BCUT2D eigenvalue weighted by Gasteiger charge is 2.02. The Kier molecular flexibility index (Phi) is 11.5. The van der Waals surface area contributed by atoms with Gasteiger partial charge in [0.1, 0.15) is 5.82 Å². The first-order valence-electron chi connectivity index (χ1n) is 9.03. The number of thiocarbonyl (C=S) groups is 1. The van der Waals surface area contributed by atoms with Gasteiger partial charge in [0.15, 0.2) is 5.11 Å². The van der Waals surface area contributed by atoms with Crippen molar-refractivity contribution in [3.8, 4) is 0 Å². The number of hydrogen-bond donors (Lipinski definition) is 2. The SMILES string of the molecule is CCCCCCCCCCCCNC(=S)Nc1ccccc1F. The van der Waals surface area contributed by atoms with E-state index >= 15 is 0 Å². The Morgan fingerprint density at radius 1 is 0.913 bits per heavy atom. The number of halogens is 1. The van der Waals surface area contributed by atoms with Crippen molar-refractivity contribution in [2.45, 2.75) is 71.1 Å². The average Bonchev–Trinajstić information content (AvgIpc) is 2.55. The van der Waals surface area contributed by atoms with Gasteiger partial charge in [0.25, 0.3) is 0 Å². The molecule has 0 aliphatic carbocycles. The molecule has 0 aliphatic rings. The fourth-order valence-corrected chi connectivity index (χ4v) is 2.76. The van der Waals surface area contributed by atoms with Gasteiger partial charge in [0.2, 0.25) is 0 Å². The van der Waals surface area contributed by atoms with Gasteiger partial charge in [0.05, 0.1) is 5.69 Å². The van der Waals surface area contributed by atoms with Gasteiger partial charge in [-0.05, 0) is 30.8 Å². The van der Waals surface area contributed by atoms with E-state index < -0.39 is 0 Å². The fourth-order valence-electron chi connectivity index (χ4n) is 2.54. The van der Waals surface area contributed by atoms with Crippen molar-refractivity contribution in [1.82, 2.24) is 5.32 Å². The Hall–Kier alpha value is -1.16. The lowest BCUT2D eigenvalue weighted by molar-refractivity contribution is 0.555. The molecule has 130 valence electrons. The van der Waals surface area contributed by atoms with Gasteiger partial charge in [0, 0.05) is 6.54 Å². The third-order valence-corrected chi connectivity index (χ3v) is 4.18. The second-order valence-corrected chi connectivity index (χ2v) is 6.45. The minimum Gasteiger partial charge on any atom is -0.362 e. The van der Waals surface area contributed by atoms with Crippen LogP contribution in [-0.4, -0.2) is 11.7 Å². The van der Waals surface area contributed by atoms with Crippen molar-refractivity contribution in [2.75, 3.05) is 11.9 Å². The molecule has 0 atom stereocenters. The van der Waals surface area contributed by atoms with Crippen LogP contribution in [0.5, 0.6) is 0 Å². The minimum atomic E-state index is -0.282. The molecule has 1 rings (SSSR count). The van der Waals surface area contributed by atoms with Crippen molar-refractivity contribution >= 4 is 23.0 Å². The number of anilines is 1. The van der Waals surface area contributed by atoms with E-state index in [-0.39, 0.29) is 5.82 Å². The lowest BCUT2D eigenvalue weighted by Gasteiger charge is -2.11. The third-order valence-electron chi connectivity index (χ3n) is 3.94. The van der Waals surface area contributed by atoms with Crippen molar-refractivity contribution < 1.29 is 4.39 Å². The highest BCUT2D eigenvalue weighted by molar-refractivity contribution is 7.80. The molecular weight excluding hydrogens is 307 g/mol. The summed E-state index contributed by atoms with van der Waals surface area (Å²) in [7, 11) is 0. The average molecular weight is 339 g/mol. The largest absolute Gasteiger partial charge is 0.362 e. The molecule has 0 aromatic heterocycles. The zero-order valence-electron chi connectivity index (χ0n) is 14.4. The van der Waals surface area contributed by atoms with Crippen LogP contribution >= 0.6 is 12.2 Å². The zero-order chi connectivity index (χ0) is 16.8. The van der Waals surface area contributed by atoms with Gasteiger partial charge in [-0.2, -0.15) is 0 Å². The topological polar surface area (TPSA) is 24.1 Å². The monoisotopic (exact) mass is 338 g/mol. The summed E-state index contributed by atoms with van der Waals surface area (Å²) in [6.07, 6.45) is 13.2. The Morgan fingerprint density at radius 2 is 1.48 bits per heavy atom. The number of hydrogen-bond acceptors (Lipinski definition) is 1. The van der Waals surface area contributed by atoms with Crippen LogP contribution in [0.2, 0.25) is 0 Å². The fraction of sp³-hybridized carbons (Fsp3) is 0.632. The Bertz CT molecular complexity index is 437. The molecule has 0 saturated carbocycles. The second kappa shape index (κ2) is 13.3. The third kappa shape index (κ3) is 10.3. The number of rotatable bonds is 12. The predicted octanol–water partition coefficient (Wildman–Crippen LogP) is 6.03. The van der Waals surface area contributed by atoms with Gasteiger partial charge in [-0.3, -0.25) is 0 Å². The molecule has 2 nitrogen and oxygen atoms in total. The van der Waals surface area contributed by atoms with Crippen LogP contribution in [0, 0.1) is 5.82 Å². The maximum Gasteiger partial charge on any atom is 0.170 e. The van der Waals surface area contributed by atoms with Crippen LogP contribution in [0.3, 0.4) is 0 Å². The molecule has 0 heterocycles. The van der Waals surface area contributed by atoms with Crippen molar-refractivity contribution in [3.05, 3.63) is 30.1 Å². The molecule has 0 bridgehead atoms. The second-order valence-electron chi connectivity index (χ2n) is 6.04. The first-order valence-corrected chi connectivity index (χ1v) is 9.44. The quantitative estimate of drug-likeness (QED) is 0.359. The summed E-state index contributed by atoms with van der Waals surface area (Å²) in [4.78, 5) is 0. The maximum atomic E-state index is 13.5. The Balaban J connectivity index is 1.93. The van der Waals surface area contributed by atoms with E-state index in [1.165, 1.54) is 63.9 Å². The van der Waals surface area contributed by atoms with E-state index in [2.05, 4.69) is 17.6 Å². The Labute approximate surface area is 146 Å². The standard InChI is InChI=1S/C19H31FN2S/c1-2-3-4-5-6-7-8-9-10-13-16-21-19(23)22-18-15-12-11-14-17(18)20/h11-12,14-15H,2-10,13,16H2,1H3,(H2,21,22,23). The van der Waals surface area contributed by atoms with Crippen molar-refractivity contribution in [1.29, 1.82) is 0 Å². The summed E-state index contributed by atoms with van der Waals surface area (Å²) in [6, 6.07) is 6.56. The molecule has 2 N–H and O–H groups in total. The van der Waals surface area contributed by atoms with E-state index in [0.29, 0.717) is 10.8 Å². The summed E-state index contributed by atoms with van der Waals surface area (Å²) in [5, 5.41) is 6.52. The molecule has 0 unspecified atom stereocenters. The number of benzene rings is 1. The predicted molar refractivity (Wildman–Crippen MR) is 102 cm³/mol. The van der Waals surface area contributed by atoms with Gasteiger partial charge in [-0.25, -0.2) is 4.39 Å². The van der Waals surface area contributed by atoms with Crippen LogP contribution < -0.4 is 10.6 Å². The number of unbranched alkanes of at least 4 members (excludes halogenated alkanes) is 9. The van der Waals surface area contributed by atoms with Crippen LogP contribution in [0.4, 0.5) is 10.1 Å². The zero-order valence-corrected chi connectivity index (χ0v) is 15.2. The summed E-state index contributed by atoms with van der Waals surface area (Å²) in [5.41, 5.74) is 0.424. The van der Waals surface area contributed by atoms with Crippen LogP contribution in [0.15, 0.2) is 24.3 Å². The first kappa shape index (κ1) is 19.9. The van der Waals surface area contributed by atoms with Gasteiger partial charge >= 0.3 is 0 Å². The van der Waals surface area contributed by atoms with E-state index in [0.717, 1.165) is 13.0 Å². The molecule has 4 heteroatoms. The van der Waals surface area contributed by atoms with Crippen LogP contribution in [0.25, 0.3) is 0 Å². The Morgan fingerprint density at radius 3 is 2.09 bits per heavy atom. The summed E-state index contributed by atoms with van der Waals surface area (Å²) in [6.45, 7) is 3.10. The number of nitrogens with one attached hydrogen (secondary N) is 2. The van der Waals surface area contributed by atoms with E-state index in [4.69, 9.17) is 12.2 Å². The molecule has 1 aromatic carbocycles. The summed E-state index contributed by atoms with van der Waals surface area (Å²) < 4.78 is 13.5. The van der Waals surface area contributed by atoms with Gasteiger partial charge < -0.3 is 10.6 Å². The molecule has 1 aromatic rings. The van der Waals surface area contributed by atoms with E-state index in [1.807, 2.05) is 0 Å². The first-order chi connectivity index (χ1) is 11.2. The molecule has 0 aliphatic heterocycles. The van der Waals surface area contributed by atoms with E-state index in [9.17, 15) is 4.39 Å². The molecule has 0 saturated heterocycles. The van der Waals surface area contributed by atoms with Crippen molar-refractivity contribution in [3.63, 3.8) is 0 Å². The van der Waals surface area contributed by atoms with Gasteiger partial charge in [-0.1, -0.05) is 76.8 Å². The molecular formula is C19H31FN2S. The highest BCUT2D eigenvalue weighted by Crippen LogP contribution is 2.12. The molecule has 23 heavy (non-hydrogen) atoms. The summed E-state index contributed by atoms with van der Waals surface area (Å²) >= 11 is 5.18. The van der Waals surface area contributed by atoms with Gasteiger partial charge in [-0.15, -0.1) is 0 Å². The maximum absolute atomic E-state index is 13.5. The lowest BCUT2D eigenvalue weighted by atomic mass is 10.1. The van der Waals surface area contributed by atoms with E-state index in [1.54, 1.807) is 18.2 Å². The normalized spacial score (nSPS) is 10.5.